The maximum Gasteiger partial charge on any atom is 0.335 e. The zero-order chi connectivity index (χ0) is 26.9. The van der Waals surface area contributed by atoms with Crippen LogP contribution in [0.5, 0.6) is 0 Å². The van der Waals surface area contributed by atoms with Crippen molar-refractivity contribution in [2.75, 3.05) is 11.5 Å². The van der Waals surface area contributed by atoms with Gasteiger partial charge in [-0.15, -0.1) is 0 Å². The number of nitrogens with one attached hydrogen (secondary N) is 2. The Bertz CT molecular complexity index is 1560. The summed E-state index contributed by atoms with van der Waals surface area (Å²) in [5.41, 5.74) is 14.3. The van der Waals surface area contributed by atoms with Crippen molar-refractivity contribution in [2.24, 2.45) is 0 Å². The normalized spacial score (nSPS) is 10.9. The molecule has 0 radical (unpaired) electrons. The molecule has 0 aliphatic heterocycles. The van der Waals surface area contributed by atoms with Crippen LogP contribution in [0.1, 0.15) is 53.6 Å². The van der Waals surface area contributed by atoms with Crippen molar-refractivity contribution in [1.82, 2.24) is 25.0 Å². The first-order valence-electron chi connectivity index (χ1n) is 11.1. The van der Waals surface area contributed by atoms with E-state index in [1.807, 2.05) is 0 Å². The van der Waals surface area contributed by atoms with E-state index in [0.29, 0.717) is 22.3 Å². The number of nitrogens with zero attached hydrogens (tertiary/aromatic N) is 3. The van der Waals surface area contributed by atoms with E-state index in [1.165, 1.54) is 22.6 Å². The van der Waals surface area contributed by atoms with Crippen molar-refractivity contribution in [3.63, 3.8) is 0 Å². The molecule has 2 heterocycles. The summed E-state index contributed by atoms with van der Waals surface area (Å²) in [6, 6.07) is 10.5. The predicted molar refractivity (Wildman–Crippen MR) is 133 cm³/mol. The Hall–Kier alpha value is -5.00. The van der Waals surface area contributed by atoms with Crippen molar-refractivity contribution in [1.29, 1.82) is 0 Å². The molecule has 0 fully saturated rings. The first kappa shape index (κ1) is 25.1. The summed E-state index contributed by atoms with van der Waals surface area (Å²) in [4.78, 5) is 45.4. The molecule has 2 aromatic carbocycles. The van der Waals surface area contributed by atoms with Gasteiger partial charge in [-0.05, 0) is 54.3 Å². The molecule has 12 heteroatoms. The predicted octanol–water partition coefficient (Wildman–Crippen LogP) is 2.21. The Balaban J connectivity index is 1.58. The topological polar surface area (TPSA) is 178 Å². The van der Waals surface area contributed by atoms with E-state index in [0.717, 1.165) is 0 Å². The number of carboxylic acid groups (broad SMARTS) is 1. The van der Waals surface area contributed by atoms with Gasteiger partial charge in [-0.1, -0.05) is 24.3 Å². The molecule has 2 aromatic heterocycles. The molecule has 7 N–H and O–H groups in total. The highest BCUT2D eigenvalue weighted by Gasteiger charge is 2.21. The second kappa shape index (κ2) is 9.93. The minimum absolute atomic E-state index is 0.0200. The summed E-state index contributed by atoms with van der Waals surface area (Å²) in [7, 11) is 0. The number of hydrogen-bond donors (Lipinski definition) is 5. The van der Waals surface area contributed by atoms with E-state index in [9.17, 15) is 23.9 Å². The number of carbonyl (C=O) groups is 3. The number of hydrogen-bond acceptors (Lipinski definition) is 7. The van der Waals surface area contributed by atoms with Gasteiger partial charge in [-0.2, -0.15) is 4.98 Å². The number of aromatic carboxylic acids is 1. The third kappa shape index (κ3) is 5.17. The summed E-state index contributed by atoms with van der Waals surface area (Å²) >= 11 is 0. The fraction of sp³-hybridized carbons (Fsp3) is 0.160. The first-order valence-corrected chi connectivity index (χ1v) is 11.1. The molecule has 4 aromatic rings. The number of anilines is 2. The lowest BCUT2D eigenvalue weighted by Crippen LogP contribution is -2.28. The summed E-state index contributed by atoms with van der Waals surface area (Å²) < 4.78 is 14.8. The summed E-state index contributed by atoms with van der Waals surface area (Å²) in [6.07, 6.45) is 0. The quantitative estimate of drug-likeness (QED) is 0.254. The number of halogens is 1. The largest absolute Gasteiger partial charge is 0.478 e. The number of nitrogen functional groups attached to an aromatic ring is 2. The Kier molecular flexibility index (Phi) is 6.74. The lowest BCUT2D eigenvalue weighted by atomic mass is 10.1. The number of carbonyl (C=O) groups excluding carboxylic acids is 2. The summed E-state index contributed by atoms with van der Waals surface area (Å²) in [5, 5.41) is 14.6. The van der Waals surface area contributed by atoms with Crippen LogP contribution < -0.4 is 22.1 Å². The van der Waals surface area contributed by atoms with Crippen LogP contribution in [0, 0.1) is 19.7 Å². The van der Waals surface area contributed by atoms with Crippen LogP contribution in [0.15, 0.2) is 42.5 Å². The van der Waals surface area contributed by atoms with Crippen LogP contribution in [-0.4, -0.2) is 37.3 Å². The number of amides is 2. The molecule has 0 saturated heterocycles. The van der Waals surface area contributed by atoms with Crippen LogP contribution in [-0.2, 0) is 13.1 Å². The molecule has 2 amide bonds. The van der Waals surface area contributed by atoms with E-state index >= 15 is 0 Å². The average molecular weight is 506 g/mol. The van der Waals surface area contributed by atoms with Gasteiger partial charge >= 0.3 is 5.97 Å². The minimum Gasteiger partial charge on any atom is -0.478 e. The SMILES string of the molecule is Cc1cc(CNC(=O)c2cc(C(=O)NCc3ccc(C(=O)O)c(C)c3)n3c(N)nc(N)c3n2)ccc1F. The number of carboxylic acids is 1. The lowest BCUT2D eigenvalue weighted by Gasteiger charge is -2.12. The number of rotatable bonds is 7. The number of imidazole rings is 1. The van der Waals surface area contributed by atoms with Gasteiger partial charge in [0.2, 0.25) is 5.95 Å². The van der Waals surface area contributed by atoms with Crippen molar-refractivity contribution in [3.05, 3.63) is 87.5 Å². The molecule has 0 unspecified atom stereocenters. The summed E-state index contributed by atoms with van der Waals surface area (Å²) in [6.45, 7) is 3.47. The number of fused-ring (bicyclic) bond motifs is 1. The van der Waals surface area contributed by atoms with E-state index in [2.05, 4.69) is 20.6 Å². The first-order chi connectivity index (χ1) is 17.5. The minimum atomic E-state index is -1.04. The standard InChI is InChI=1S/C25H24FN7O4/c1-12-7-14(3-5-16(12)24(36)37)11-30-23(35)19-9-18(31-21-20(27)32-25(28)33(19)21)22(34)29-10-15-4-6-17(26)13(2)8-15/h3-9H,10-11,27H2,1-2H3,(H2,28,32)(H,29,34)(H,30,35)(H,36,37). The van der Waals surface area contributed by atoms with Gasteiger partial charge in [0, 0.05) is 13.1 Å². The highest BCUT2D eigenvalue weighted by Crippen LogP contribution is 2.19. The van der Waals surface area contributed by atoms with Gasteiger partial charge in [0.25, 0.3) is 11.8 Å². The van der Waals surface area contributed by atoms with E-state index in [-0.39, 0.29) is 53.3 Å². The highest BCUT2D eigenvalue weighted by molar-refractivity contribution is 5.99. The summed E-state index contributed by atoms with van der Waals surface area (Å²) in [5.74, 6) is -2.70. The number of nitrogens with two attached hydrogens (primary N) is 2. The van der Waals surface area contributed by atoms with Crippen LogP contribution >= 0.6 is 0 Å². The smallest absolute Gasteiger partial charge is 0.335 e. The van der Waals surface area contributed by atoms with E-state index in [1.54, 1.807) is 38.1 Å². The average Bonchev–Trinajstić information content (AvgIpc) is 3.15. The van der Waals surface area contributed by atoms with Gasteiger partial charge in [-0.25, -0.2) is 14.2 Å². The fourth-order valence-corrected chi connectivity index (χ4v) is 3.85. The van der Waals surface area contributed by atoms with Gasteiger partial charge in [0.05, 0.1) is 5.56 Å². The van der Waals surface area contributed by atoms with E-state index < -0.39 is 17.8 Å². The van der Waals surface area contributed by atoms with Crippen LogP contribution in [0.2, 0.25) is 0 Å². The van der Waals surface area contributed by atoms with Crippen molar-refractivity contribution >= 4 is 35.2 Å². The maximum atomic E-state index is 13.5. The zero-order valence-electron chi connectivity index (χ0n) is 20.0. The van der Waals surface area contributed by atoms with Gasteiger partial charge in [0.1, 0.15) is 17.2 Å². The Labute approximate surface area is 210 Å². The number of aryl methyl sites for hydroxylation is 2. The Morgan fingerprint density at radius 1 is 0.919 bits per heavy atom. The second-order valence-corrected chi connectivity index (χ2v) is 8.44. The van der Waals surface area contributed by atoms with E-state index in [4.69, 9.17) is 11.5 Å². The van der Waals surface area contributed by atoms with Crippen LogP contribution in [0.25, 0.3) is 5.65 Å². The third-order valence-electron chi connectivity index (χ3n) is 5.76. The van der Waals surface area contributed by atoms with Gasteiger partial charge in [-0.3, -0.25) is 14.0 Å². The molecule has 37 heavy (non-hydrogen) atoms. The molecular weight excluding hydrogens is 481 g/mol. The highest BCUT2D eigenvalue weighted by atomic mass is 19.1. The molecule has 11 nitrogen and oxygen atoms in total. The molecule has 190 valence electrons. The third-order valence-corrected chi connectivity index (χ3v) is 5.76. The molecule has 0 aliphatic rings. The number of benzene rings is 2. The molecule has 4 rings (SSSR count). The fourth-order valence-electron chi connectivity index (χ4n) is 3.85. The Morgan fingerprint density at radius 2 is 1.54 bits per heavy atom. The van der Waals surface area contributed by atoms with Crippen LogP contribution in [0.3, 0.4) is 0 Å². The zero-order valence-corrected chi connectivity index (χ0v) is 20.0. The molecule has 0 spiro atoms. The van der Waals surface area contributed by atoms with Crippen molar-refractivity contribution < 1.29 is 23.9 Å². The Morgan fingerprint density at radius 3 is 2.16 bits per heavy atom. The monoisotopic (exact) mass is 505 g/mol. The molecule has 0 atom stereocenters. The van der Waals surface area contributed by atoms with Crippen LogP contribution in [0.4, 0.5) is 16.2 Å². The molecular formula is C25H24FN7O4. The van der Waals surface area contributed by atoms with Crippen molar-refractivity contribution in [2.45, 2.75) is 26.9 Å². The molecule has 0 aliphatic carbocycles. The molecule has 0 saturated carbocycles. The second-order valence-electron chi connectivity index (χ2n) is 8.44. The lowest BCUT2D eigenvalue weighted by molar-refractivity contribution is 0.0695. The van der Waals surface area contributed by atoms with Crippen molar-refractivity contribution in [3.8, 4) is 0 Å². The molecule has 0 bridgehead atoms. The maximum absolute atomic E-state index is 13.5. The van der Waals surface area contributed by atoms with Gasteiger partial charge in [0.15, 0.2) is 11.5 Å². The van der Waals surface area contributed by atoms with Gasteiger partial charge < -0.3 is 27.2 Å². The number of aromatic nitrogens is 3.